The number of rotatable bonds is 0. The van der Waals surface area contributed by atoms with Crippen LogP contribution in [0, 0.1) is 0 Å². The van der Waals surface area contributed by atoms with Crippen LogP contribution in [0.15, 0.2) is 12.2 Å². The number of β-lactam (4-membered cyclic amide) rings is 1. The molecule has 1 rings (SSSR count). The van der Waals surface area contributed by atoms with Crippen molar-refractivity contribution in [3.63, 3.8) is 0 Å². The van der Waals surface area contributed by atoms with Crippen molar-refractivity contribution >= 4 is 5.91 Å². The molecule has 1 amide bonds. The maximum absolute atomic E-state index is 9.79. The van der Waals surface area contributed by atoms with Crippen LogP contribution in [0.3, 0.4) is 0 Å². The fourth-order valence-corrected chi connectivity index (χ4v) is 0.227. The first-order valence-corrected chi connectivity index (χ1v) is 4.01. The number of hydrogen-bond acceptors (Lipinski definition) is 1. The Morgan fingerprint density at radius 2 is 1.64 bits per heavy atom. The lowest BCUT2D eigenvalue weighted by Gasteiger charge is -2.10. The van der Waals surface area contributed by atoms with Crippen molar-refractivity contribution in [2.24, 2.45) is 0 Å². The molecule has 0 spiro atoms. The van der Waals surface area contributed by atoms with E-state index < -0.39 is 0 Å². The lowest BCUT2D eigenvalue weighted by atomic mass is 10.3. The minimum absolute atomic E-state index is 0.185. The number of carbonyl (C=O) groups is 1. The molecule has 1 N–H and O–H groups in total. The molecule has 0 bridgehead atoms. The van der Waals surface area contributed by atoms with Gasteiger partial charge in [-0.2, -0.15) is 0 Å². The number of hydrogen-bond donors (Lipinski definition) is 1. The van der Waals surface area contributed by atoms with Gasteiger partial charge in [-0.25, -0.2) is 0 Å². The van der Waals surface area contributed by atoms with Gasteiger partial charge >= 0.3 is 0 Å². The largest absolute Gasteiger partial charge is 0.356 e. The van der Waals surface area contributed by atoms with E-state index in [-0.39, 0.29) is 5.91 Å². The molecule has 0 atom stereocenters. The fourth-order valence-electron chi connectivity index (χ4n) is 0.227. The average Bonchev–Trinajstić information content (AvgIpc) is 1.87. The number of nitrogens with one attached hydrogen (secondary N) is 1. The van der Waals surface area contributed by atoms with Crippen LogP contribution in [-0.4, -0.2) is 12.5 Å². The van der Waals surface area contributed by atoms with E-state index in [9.17, 15) is 4.79 Å². The predicted octanol–water partition coefficient (Wildman–Crippen LogP) is 2.11. The van der Waals surface area contributed by atoms with Crippen LogP contribution in [0.5, 0.6) is 0 Å². The molecule has 1 aliphatic heterocycles. The van der Waals surface area contributed by atoms with E-state index in [4.69, 9.17) is 0 Å². The Morgan fingerprint density at radius 1 is 1.45 bits per heavy atom. The highest BCUT2D eigenvalue weighted by molar-refractivity contribution is 5.81. The summed E-state index contributed by atoms with van der Waals surface area (Å²) in [4.78, 5) is 9.79. The van der Waals surface area contributed by atoms with E-state index in [2.05, 4.69) is 11.9 Å². The molecule has 0 aliphatic carbocycles. The Kier molecular flexibility index (Phi) is 10.8. The second kappa shape index (κ2) is 9.21. The average molecular weight is 157 g/mol. The van der Waals surface area contributed by atoms with Crippen LogP contribution < -0.4 is 5.32 Å². The Balaban J connectivity index is 0. The van der Waals surface area contributed by atoms with Gasteiger partial charge in [0, 0.05) is 13.0 Å². The molecule has 66 valence electrons. The molecule has 1 aliphatic rings. The van der Waals surface area contributed by atoms with E-state index >= 15 is 0 Å². The van der Waals surface area contributed by atoms with Gasteiger partial charge in [-0.05, 0) is 13.8 Å². The molecule has 0 aromatic heterocycles. The van der Waals surface area contributed by atoms with Crippen molar-refractivity contribution in [1.82, 2.24) is 5.32 Å². The molecule has 0 aromatic carbocycles. The van der Waals surface area contributed by atoms with Gasteiger partial charge < -0.3 is 5.32 Å². The molecular formula is C9H19NO. The van der Waals surface area contributed by atoms with Crippen LogP contribution in [0.4, 0.5) is 0 Å². The van der Waals surface area contributed by atoms with Gasteiger partial charge in [0.25, 0.3) is 0 Å². The van der Waals surface area contributed by atoms with Gasteiger partial charge in [-0.1, -0.05) is 19.4 Å². The van der Waals surface area contributed by atoms with Crippen molar-refractivity contribution in [3.05, 3.63) is 12.2 Å². The van der Waals surface area contributed by atoms with Crippen LogP contribution in [-0.2, 0) is 4.79 Å². The third-order valence-corrected chi connectivity index (χ3v) is 0.674. The Hall–Kier alpha value is -0.790. The zero-order valence-electron chi connectivity index (χ0n) is 8.03. The van der Waals surface area contributed by atoms with E-state index in [1.807, 2.05) is 27.7 Å². The van der Waals surface area contributed by atoms with Crippen molar-refractivity contribution in [2.45, 2.75) is 34.1 Å². The summed E-state index contributed by atoms with van der Waals surface area (Å²) >= 11 is 0. The third-order valence-electron chi connectivity index (χ3n) is 0.674. The lowest BCUT2D eigenvalue weighted by molar-refractivity contribution is -0.125. The summed E-state index contributed by atoms with van der Waals surface area (Å²) in [5, 5.41) is 2.57. The first-order valence-electron chi connectivity index (χ1n) is 4.01. The first kappa shape index (κ1) is 12.8. The second-order valence-electron chi connectivity index (χ2n) is 2.31. The van der Waals surface area contributed by atoms with Crippen LogP contribution >= 0.6 is 0 Å². The molecule has 0 aromatic rings. The fraction of sp³-hybridized carbons (Fsp3) is 0.667. The van der Waals surface area contributed by atoms with E-state index in [0.717, 1.165) is 13.0 Å². The molecule has 0 unspecified atom stereocenters. The Labute approximate surface area is 69.7 Å². The summed E-state index contributed by atoms with van der Waals surface area (Å²) < 4.78 is 0. The lowest BCUT2D eigenvalue weighted by Crippen LogP contribution is -2.37. The second-order valence-corrected chi connectivity index (χ2v) is 2.31. The number of allylic oxidation sites excluding steroid dienone is 1. The van der Waals surface area contributed by atoms with Crippen LogP contribution in [0.25, 0.3) is 0 Å². The first-order chi connectivity index (χ1) is 5.13. The van der Waals surface area contributed by atoms with Crippen molar-refractivity contribution in [1.29, 1.82) is 0 Å². The summed E-state index contributed by atoms with van der Waals surface area (Å²) in [5.41, 5.74) is 1.17. The molecule has 11 heavy (non-hydrogen) atoms. The van der Waals surface area contributed by atoms with Gasteiger partial charge in [0.2, 0.25) is 5.91 Å². The molecule has 2 heteroatoms. The predicted molar refractivity (Wildman–Crippen MR) is 49.5 cm³/mol. The van der Waals surface area contributed by atoms with Gasteiger partial charge in [-0.15, -0.1) is 6.58 Å². The number of amides is 1. The van der Waals surface area contributed by atoms with Crippen molar-refractivity contribution < 1.29 is 4.79 Å². The molecule has 1 saturated heterocycles. The minimum atomic E-state index is 0.185. The maximum atomic E-state index is 9.79. The monoisotopic (exact) mass is 157 g/mol. The zero-order valence-corrected chi connectivity index (χ0v) is 8.03. The van der Waals surface area contributed by atoms with Crippen molar-refractivity contribution in [2.75, 3.05) is 6.54 Å². The standard InChI is InChI=1S/C4H8.C3H5NO.C2H6/c1-4(2)3;5-3-1-2-4-3;1-2/h1H2,2-3H3;1-2H2,(H,4,5);1-2H3. The maximum Gasteiger partial charge on any atom is 0.221 e. The third kappa shape index (κ3) is 17.6. The van der Waals surface area contributed by atoms with Gasteiger partial charge in [0.15, 0.2) is 0 Å². The van der Waals surface area contributed by atoms with Crippen molar-refractivity contribution in [3.8, 4) is 0 Å². The normalized spacial score (nSPS) is 12.2. The quantitative estimate of drug-likeness (QED) is 0.423. The van der Waals surface area contributed by atoms with Gasteiger partial charge in [0.1, 0.15) is 0 Å². The molecule has 1 fully saturated rings. The summed E-state index contributed by atoms with van der Waals surface area (Å²) in [5.74, 6) is 0.185. The summed E-state index contributed by atoms with van der Waals surface area (Å²) in [7, 11) is 0. The number of carbonyl (C=O) groups excluding carboxylic acids is 1. The molecular weight excluding hydrogens is 138 g/mol. The summed E-state index contributed by atoms with van der Waals surface area (Å²) in [6.45, 7) is 12.4. The van der Waals surface area contributed by atoms with E-state index in [1.54, 1.807) is 0 Å². The van der Waals surface area contributed by atoms with E-state index in [0.29, 0.717) is 0 Å². The van der Waals surface area contributed by atoms with Gasteiger partial charge in [0.05, 0.1) is 0 Å². The summed E-state index contributed by atoms with van der Waals surface area (Å²) in [6, 6.07) is 0. The Morgan fingerprint density at radius 3 is 1.64 bits per heavy atom. The summed E-state index contributed by atoms with van der Waals surface area (Å²) in [6.07, 6.45) is 0.736. The Bertz CT molecular complexity index is 109. The molecule has 2 nitrogen and oxygen atoms in total. The highest BCUT2D eigenvalue weighted by atomic mass is 16.2. The molecule has 0 saturated carbocycles. The van der Waals surface area contributed by atoms with Gasteiger partial charge in [-0.3, -0.25) is 4.79 Å². The minimum Gasteiger partial charge on any atom is -0.356 e. The molecule has 0 radical (unpaired) electrons. The zero-order chi connectivity index (χ0) is 9.28. The highest BCUT2D eigenvalue weighted by Gasteiger charge is 2.07. The topological polar surface area (TPSA) is 29.1 Å². The van der Waals surface area contributed by atoms with Crippen LogP contribution in [0.1, 0.15) is 34.1 Å². The smallest absolute Gasteiger partial charge is 0.221 e. The van der Waals surface area contributed by atoms with E-state index in [1.165, 1.54) is 5.57 Å². The SMILES string of the molecule is C=C(C)C.CC.O=C1CCN1. The molecule has 1 heterocycles. The highest BCUT2D eigenvalue weighted by Crippen LogP contribution is 1.85. The van der Waals surface area contributed by atoms with Crippen LogP contribution in [0.2, 0.25) is 0 Å².